The highest BCUT2D eigenvalue weighted by Gasteiger charge is 2.51. The van der Waals surface area contributed by atoms with Crippen LogP contribution in [0.15, 0.2) is 86.5 Å². The van der Waals surface area contributed by atoms with E-state index < -0.39 is 0 Å². The Morgan fingerprint density at radius 1 is 0.846 bits per heavy atom. The lowest BCUT2D eigenvalue weighted by molar-refractivity contribution is 0.252. The molecule has 0 saturated carbocycles. The molecular weight excluding hydrogens is 312 g/mol. The second-order valence-electron chi connectivity index (χ2n) is 7.91. The maximum absolute atomic E-state index is 4.36. The fraction of sp³-hybridized carbons (Fsp3) is 0.308. The Morgan fingerprint density at radius 3 is 2.19 bits per heavy atom. The molecule has 0 fully saturated rings. The Bertz CT molecular complexity index is 843. The van der Waals surface area contributed by atoms with E-state index in [-0.39, 0.29) is 5.41 Å². The first-order chi connectivity index (χ1) is 12.7. The van der Waals surface area contributed by atoms with Crippen LogP contribution in [0.1, 0.15) is 59.3 Å². The predicted octanol–water partition coefficient (Wildman–Crippen LogP) is 6.92. The number of hydrogen-bond donors (Lipinski definition) is 0. The zero-order valence-electron chi connectivity index (χ0n) is 15.5. The molecule has 0 N–H and O–H groups in total. The lowest BCUT2D eigenvalue weighted by atomic mass is 9.64. The van der Waals surface area contributed by atoms with Gasteiger partial charge in [0.1, 0.15) is 0 Å². The van der Waals surface area contributed by atoms with Crippen LogP contribution in [0.25, 0.3) is 0 Å². The van der Waals surface area contributed by atoms with Gasteiger partial charge in [0.2, 0.25) is 0 Å². The van der Waals surface area contributed by atoms with Crippen LogP contribution < -0.4 is 0 Å². The minimum absolute atomic E-state index is 0.0733. The maximum Gasteiger partial charge on any atom is 0.00601 e. The molecule has 0 bridgehead atoms. The molecule has 4 rings (SSSR count). The van der Waals surface area contributed by atoms with E-state index in [1.54, 1.807) is 0 Å². The number of hydrogen-bond acceptors (Lipinski definition) is 0. The summed E-state index contributed by atoms with van der Waals surface area (Å²) in [4.78, 5) is 0. The molecule has 2 aromatic rings. The second kappa shape index (κ2) is 6.76. The van der Waals surface area contributed by atoms with Crippen molar-refractivity contribution in [3.63, 3.8) is 0 Å². The van der Waals surface area contributed by atoms with E-state index in [2.05, 4.69) is 86.5 Å². The largest absolute Gasteiger partial charge is 0.103 e. The van der Waals surface area contributed by atoms with Gasteiger partial charge in [0.15, 0.2) is 0 Å². The third kappa shape index (κ3) is 2.43. The summed E-state index contributed by atoms with van der Waals surface area (Å²) in [6, 6.07) is 18.0. The highest BCUT2D eigenvalue weighted by atomic mass is 14.5. The lowest BCUT2D eigenvalue weighted by Crippen LogP contribution is -2.30. The molecule has 2 aliphatic carbocycles. The quantitative estimate of drug-likeness (QED) is 0.501. The Morgan fingerprint density at radius 2 is 1.50 bits per heavy atom. The second-order valence-corrected chi connectivity index (χ2v) is 7.91. The summed E-state index contributed by atoms with van der Waals surface area (Å²) in [6.07, 6.45) is 10.8. The first kappa shape index (κ1) is 17.1. The van der Waals surface area contributed by atoms with Gasteiger partial charge in [0.05, 0.1) is 0 Å². The van der Waals surface area contributed by atoms with Crippen LogP contribution in [0.4, 0.5) is 0 Å². The maximum atomic E-state index is 4.36. The van der Waals surface area contributed by atoms with Crippen LogP contribution >= 0.6 is 0 Å². The van der Waals surface area contributed by atoms with E-state index in [9.17, 15) is 0 Å². The van der Waals surface area contributed by atoms with Gasteiger partial charge >= 0.3 is 0 Å². The normalized spacial score (nSPS) is 29.0. The summed E-state index contributed by atoms with van der Waals surface area (Å²) in [7, 11) is 0. The molecule has 4 atom stereocenters. The molecule has 0 aromatic heterocycles. The summed E-state index contributed by atoms with van der Waals surface area (Å²) in [5, 5.41) is 0. The zero-order chi connectivity index (χ0) is 18.1. The van der Waals surface area contributed by atoms with Gasteiger partial charge in [-0.1, -0.05) is 66.8 Å². The molecule has 0 nitrogen and oxygen atoms in total. The molecule has 0 radical (unpaired) electrons. The lowest BCUT2D eigenvalue weighted by Gasteiger charge is -2.39. The summed E-state index contributed by atoms with van der Waals surface area (Å²) < 4.78 is 0. The molecule has 0 aliphatic heterocycles. The van der Waals surface area contributed by atoms with Crippen LogP contribution in [-0.4, -0.2) is 0 Å². The van der Waals surface area contributed by atoms with E-state index in [0.717, 1.165) is 19.3 Å². The van der Waals surface area contributed by atoms with Crippen LogP contribution in [0.5, 0.6) is 0 Å². The van der Waals surface area contributed by atoms with Crippen molar-refractivity contribution in [3.05, 3.63) is 109 Å². The van der Waals surface area contributed by atoms with Crippen LogP contribution in [0.3, 0.4) is 0 Å². The highest BCUT2D eigenvalue weighted by Crippen LogP contribution is 2.62. The molecule has 2 aromatic carbocycles. The monoisotopic (exact) mass is 340 g/mol. The third-order valence-electron chi connectivity index (χ3n) is 6.79. The summed E-state index contributed by atoms with van der Waals surface area (Å²) in [6.45, 7) is 12.4. The SMILES string of the molecule is C=CCC1CC(C2(C=C)Cc3ccccc3C2CC=C)c2ccccc21. The van der Waals surface area contributed by atoms with Gasteiger partial charge in [-0.25, -0.2) is 0 Å². The molecule has 0 amide bonds. The van der Waals surface area contributed by atoms with Crippen molar-refractivity contribution >= 4 is 0 Å². The minimum Gasteiger partial charge on any atom is -0.103 e. The minimum atomic E-state index is 0.0733. The van der Waals surface area contributed by atoms with Gasteiger partial charge in [-0.2, -0.15) is 0 Å². The number of allylic oxidation sites excluding steroid dienone is 3. The topological polar surface area (TPSA) is 0 Å². The number of benzene rings is 2. The smallest absolute Gasteiger partial charge is 0.00601 e. The Kier molecular flexibility index (Phi) is 4.44. The highest BCUT2D eigenvalue weighted by molar-refractivity contribution is 5.48. The van der Waals surface area contributed by atoms with Gasteiger partial charge in [-0.3, -0.25) is 0 Å². The first-order valence-corrected chi connectivity index (χ1v) is 9.77. The molecule has 0 saturated heterocycles. The summed E-state index contributed by atoms with van der Waals surface area (Å²) >= 11 is 0. The van der Waals surface area contributed by atoms with Crippen molar-refractivity contribution < 1.29 is 0 Å². The van der Waals surface area contributed by atoms with Crippen LogP contribution in [0, 0.1) is 5.41 Å². The average molecular weight is 341 g/mol. The van der Waals surface area contributed by atoms with E-state index in [4.69, 9.17) is 0 Å². The molecule has 0 heterocycles. The van der Waals surface area contributed by atoms with E-state index in [0.29, 0.717) is 17.8 Å². The van der Waals surface area contributed by atoms with E-state index in [1.165, 1.54) is 28.7 Å². The predicted molar refractivity (Wildman–Crippen MR) is 112 cm³/mol. The number of fused-ring (bicyclic) bond motifs is 2. The van der Waals surface area contributed by atoms with Crippen molar-refractivity contribution in [2.45, 2.75) is 43.4 Å². The Labute approximate surface area is 158 Å². The molecular formula is C26H28. The fourth-order valence-electron chi connectivity index (χ4n) is 5.69. The van der Waals surface area contributed by atoms with Crippen molar-refractivity contribution in [1.82, 2.24) is 0 Å². The molecule has 2 aliphatic rings. The average Bonchev–Trinajstić information content (AvgIpc) is 3.20. The van der Waals surface area contributed by atoms with Gasteiger partial charge in [-0.05, 0) is 65.7 Å². The van der Waals surface area contributed by atoms with Crippen molar-refractivity contribution in [2.24, 2.45) is 5.41 Å². The Hall–Kier alpha value is -2.34. The summed E-state index contributed by atoms with van der Waals surface area (Å²) in [5.74, 6) is 1.56. The molecule has 4 unspecified atom stereocenters. The first-order valence-electron chi connectivity index (χ1n) is 9.77. The zero-order valence-corrected chi connectivity index (χ0v) is 15.5. The third-order valence-corrected chi connectivity index (χ3v) is 6.79. The van der Waals surface area contributed by atoms with Crippen molar-refractivity contribution in [3.8, 4) is 0 Å². The Balaban J connectivity index is 1.84. The molecule has 26 heavy (non-hydrogen) atoms. The molecule has 132 valence electrons. The van der Waals surface area contributed by atoms with Crippen LogP contribution in [-0.2, 0) is 6.42 Å². The van der Waals surface area contributed by atoms with E-state index >= 15 is 0 Å². The van der Waals surface area contributed by atoms with Crippen LogP contribution in [0.2, 0.25) is 0 Å². The van der Waals surface area contributed by atoms with Crippen molar-refractivity contribution in [1.29, 1.82) is 0 Å². The van der Waals surface area contributed by atoms with Gasteiger partial charge in [-0.15, -0.1) is 19.7 Å². The molecule has 0 spiro atoms. The van der Waals surface area contributed by atoms with Crippen molar-refractivity contribution in [2.75, 3.05) is 0 Å². The standard InChI is InChI=1S/C26H28/c1-4-11-19-17-25(23-16-10-9-14-21(19)23)26(6-3)18-20-13-7-8-15-22(20)24(26)12-5-2/h4-10,13-16,19,24-25H,1-3,11-12,17-18H2. The van der Waals surface area contributed by atoms with Gasteiger partial charge < -0.3 is 0 Å². The van der Waals surface area contributed by atoms with Gasteiger partial charge in [0, 0.05) is 5.41 Å². The fourth-order valence-corrected chi connectivity index (χ4v) is 5.69. The molecule has 0 heteroatoms. The number of rotatable bonds is 6. The van der Waals surface area contributed by atoms with Gasteiger partial charge in [0.25, 0.3) is 0 Å². The summed E-state index contributed by atoms with van der Waals surface area (Å²) in [5.41, 5.74) is 6.11. The van der Waals surface area contributed by atoms with E-state index in [1.807, 2.05) is 0 Å².